The Hall–Kier alpha value is -3.91. The van der Waals surface area contributed by atoms with Crippen molar-refractivity contribution < 1.29 is 23.9 Å². The molecule has 0 aromatic heterocycles. The minimum Gasteiger partial charge on any atom is -0.466 e. The number of esters is 1. The van der Waals surface area contributed by atoms with Gasteiger partial charge in [0.05, 0.1) is 18.4 Å². The summed E-state index contributed by atoms with van der Waals surface area (Å²) in [5.74, 6) is -2.26. The van der Waals surface area contributed by atoms with Crippen LogP contribution in [-0.4, -0.2) is 30.7 Å². The van der Waals surface area contributed by atoms with E-state index in [0.29, 0.717) is 30.4 Å². The number of carbonyl (C=O) groups excluding carboxylic acids is 3. The van der Waals surface area contributed by atoms with Crippen molar-refractivity contribution in [1.82, 2.24) is 0 Å². The monoisotopic (exact) mass is 475 g/mol. The first-order valence-corrected chi connectivity index (χ1v) is 11.5. The summed E-state index contributed by atoms with van der Waals surface area (Å²) in [5, 5.41) is 19.4. The molecule has 2 amide bonds. The third-order valence-corrected chi connectivity index (χ3v) is 6.52. The van der Waals surface area contributed by atoms with Gasteiger partial charge in [-0.15, -0.1) is 0 Å². The fraction of sp³-hybridized carbons (Fsp3) is 0.444. The van der Waals surface area contributed by atoms with Gasteiger partial charge in [-0.3, -0.25) is 4.79 Å². The smallest absolute Gasteiger partial charge is 0.421 e. The number of amides is 2. The number of nitriles is 2. The molecular formula is C27H29N3O5. The molecule has 182 valence electrons. The van der Waals surface area contributed by atoms with E-state index in [1.807, 2.05) is 12.1 Å². The third kappa shape index (κ3) is 4.33. The predicted molar refractivity (Wildman–Crippen MR) is 128 cm³/mol. The molecule has 2 aliphatic rings. The summed E-state index contributed by atoms with van der Waals surface area (Å²) >= 11 is 0. The lowest BCUT2D eigenvalue weighted by Gasteiger charge is -2.38. The number of para-hydroxylation sites is 1. The van der Waals surface area contributed by atoms with Gasteiger partial charge in [-0.1, -0.05) is 37.6 Å². The average Bonchev–Trinajstić information content (AvgIpc) is 2.93. The number of allylic oxidation sites excluding steroid dienone is 2. The summed E-state index contributed by atoms with van der Waals surface area (Å²) in [5.41, 5.74) is -1.69. The van der Waals surface area contributed by atoms with Crippen LogP contribution in [0.15, 0.2) is 47.6 Å². The van der Waals surface area contributed by atoms with Crippen molar-refractivity contribution in [3.05, 3.63) is 53.1 Å². The van der Waals surface area contributed by atoms with Gasteiger partial charge in [0.15, 0.2) is 0 Å². The van der Waals surface area contributed by atoms with Crippen molar-refractivity contribution in [2.75, 3.05) is 12.0 Å². The normalized spacial score (nSPS) is 21.8. The van der Waals surface area contributed by atoms with Crippen LogP contribution in [-0.2, 0) is 24.5 Å². The topological polar surface area (TPSA) is 120 Å². The van der Waals surface area contributed by atoms with Gasteiger partial charge in [0.2, 0.25) is 0 Å². The van der Waals surface area contributed by atoms with Crippen molar-refractivity contribution in [1.29, 1.82) is 10.5 Å². The minimum atomic E-state index is -1.74. The van der Waals surface area contributed by atoms with Crippen LogP contribution in [0.5, 0.6) is 0 Å². The summed E-state index contributed by atoms with van der Waals surface area (Å²) in [7, 11) is 1.19. The molecule has 2 atom stereocenters. The zero-order valence-electron chi connectivity index (χ0n) is 20.5. The van der Waals surface area contributed by atoms with Gasteiger partial charge >= 0.3 is 12.1 Å². The average molecular weight is 476 g/mol. The molecule has 8 heteroatoms. The Balaban J connectivity index is 2.39. The summed E-state index contributed by atoms with van der Waals surface area (Å²) < 4.78 is 10.5. The molecule has 0 radical (unpaired) electrons. The van der Waals surface area contributed by atoms with Crippen LogP contribution in [0.2, 0.25) is 0 Å². The van der Waals surface area contributed by atoms with Crippen LogP contribution in [0.4, 0.5) is 10.5 Å². The molecule has 0 bridgehead atoms. The van der Waals surface area contributed by atoms with E-state index < -0.39 is 34.9 Å². The molecule has 1 aromatic rings. The van der Waals surface area contributed by atoms with Crippen LogP contribution in [0.25, 0.3) is 0 Å². The van der Waals surface area contributed by atoms with Crippen molar-refractivity contribution >= 4 is 23.7 Å². The van der Waals surface area contributed by atoms with Gasteiger partial charge in [0.1, 0.15) is 28.7 Å². The number of anilines is 1. The third-order valence-electron chi connectivity index (χ3n) is 6.52. The Labute approximate surface area is 205 Å². The van der Waals surface area contributed by atoms with Gasteiger partial charge < -0.3 is 9.47 Å². The van der Waals surface area contributed by atoms with E-state index in [0.717, 1.165) is 17.7 Å². The van der Waals surface area contributed by atoms with E-state index in [1.165, 1.54) is 7.11 Å². The highest BCUT2D eigenvalue weighted by Crippen LogP contribution is 2.55. The molecule has 1 fully saturated rings. The lowest BCUT2D eigenvalue weighted by atomic mass is 9.61. The SMILES string of the molecule is C=C(C(=O)OC)[C@]1([C@@H]2CCCCCC2=C(C#N)C#N)C(=O)N(C(=O)OC(C)(C)C)c2ccccc21. The number of fused-ring (bicyclic) bond motifs is 1. The van der Waals surface area contributed by atoms with E-state index in [2.05, 4.69) is 6.58 Å². The van der Waals surface area contributed by atoms with Crippen molar-refractivity contribution in [2.45, 2.75) is 63.9 Å². The van der Waals surface area contributed by atoms with Crippen molar-refractivity contribution in [3.8, 4) is 12.1 Å². The zero-order chi connectivity index (χ0) is 26.0. The Morgan fingerprint density at radius 1 is 1.14 bits per heavy atom. The van der Waals surface area contributed by atoms with Crippen LogP contribution < -0.4 is 4.90 Å². The van der Waals surface area contributed by atoms with Gasteiger partial charge in [-0.25, -0.2) is 14.5 Å². The van der Waals surface area contributed by atoms with Crippen LogP contribution >= 0.6 is 0 Å². The molecule has 1 aromatic carbocycles. The first kappa shape index (κ1) is 25.7. The molecule has 0 spiro atoms. The first-order valence-electron chi connectivity index (χ1n) is 11.5. The highest BCUT2D eigenvalue weighted by molar-refractivity contribution is 6.25. The molecule has 8 nitrogen and oxygen atoms in total. The molecule has 3 rings (SSSR count). The van der Waals surface area contributed by atoms with Gasteiger partial charge in [-0.05, 0) is 57.2 Å². The second-order valence-corrected chi connectivity index (χ2v) is 9.69. The predicted octanol–water partition coefficient (Wildman–Crippen LogP) is 4.86. The van der Waals surface area contributed by atoms with Gasteiger partial charge in [0, 0.05) is 5.92 Å². The van der Waals surface area contributed by atoms with Gasteiger partial charge in [-0.2, -0.15) is 10.5 Å². The van der Waals surface area contributed by atoms with Gasteiger partial charge in [0.25, 0.3) is 5.91 Å². The van der Waals surface area contributed by atoms with E-state index in [1.54, 1.807) is 45.0 Å². The second-order valence-electron chi connectivity index (χ2n) is 9.69. The number of hydrogen-bond acceptors (Lipinski definition) is 7. The Bertz CT molecular complexity index is 1180. The molecule has 35 heavy (non-hydrogen) atoms. The number of ether oxygens (including phenoxy) is 2. The molecule has 0 unspecified atom stereocenters. The van der Waals surface area contributed by atoms with Crippen molar-refractivity contribution in [3.63, 3.8) is 0 Å². The molecule has 0 N–H and O–H groups in total. The Kier molecular flexibility index (Phi) is 7.17. The quantitative estimate of drug-likeness (QED) is 0.265. The van der Waals surface area contributed by atoms with Crippen molar-refractivity contribution in [2.24, 2.45) is 5.92 Å². The summed E-state index contributed by atoms with van der Waals surface area (Å²) in [4.78, 5) is 41.6. The second kappa shape index (κ2) is 9.76. The maximum absolute atomic E-state index is 14.4. The molecular weight excluding hydrogens is 446 g/mol. The van der Waals surface area contributed by atoms with Crippen LogP contribution in [0.3, 0.4) is 0 Å². The Morgan fingerprint density at radius 2 is 1.80 bits per heavy atom. The maximum atomic E-state index is 14.4. The fourth-order valence-corrected chi connectivity index (χ4v) is 5.15. The fourth-order valence-electron chi connectivity index (χ4n) is 5.15. The highest BCUT2D eigenvalue weighted by atomic mass is 16.6. The largest absolute Gasteiger partial charge is 0.466 e. The summed E-state index contributed by atoms with van der Waals surface area (Å²) in [6, 6.07) is 10.6. The zero-order valence-corrected chi connectivity index (χ0v) is 20.5. The highest BCUT2D eigenvalue weighted by Gasteiger charge is 2.62. The number of imide groups is 1. The number of benzene rings is 1. The number of methoxy groups -OCH3 is 1. The number of nitrogens with zero attached hydrogens (tertiary/aromatic N) is 3. The maximum Gasteiger partial charge on any atom is 0.421 e. The van der Waals surface area contributed by atoms with Crippen LogP contribution in [0, 0.1) is 28.6 Å². The number of hydrogen-bond donors (Lipinski definition) is 0. The number of rotatable bonds is 3. The lowest BCUT2D eigenvalue weighted by molar-refractivity contribution is -0.139. The molecule has 1 heterocycles. The summed E-state index contributed by atoms with van der Waals surface area (Å²) in [6.07, 6.45) is 2.21. The number of carbonyl (C=O) groups is 3. The molecule has 0 saturated heterocycles. The summed E-state index contributed by atoms with van der Waals surface area (Å²) in [6.45, 7) is 9.06. The van der Waals surface area contributed by atoms with E-state index >= 15 is 0 Å². The molecule has 1 aliphatic heterocycles. The Morgan fingerprint density at radius 3 is 2.40 bits per heavy atom. The molecule has 1 aliphatic carbocycles. The standard InChI is InChI=1S/C27H29N3O5/c1-17(23(31)34-5)27(20-12-8-6-7-11-19(20)18(15-28)16-29)21-13-9-10-14-22(21)30(24(27)32)25(33)35-26(2,3)4/h9-10,13-14,20H,1,6-8,11-12H2,2-5H3/t20-,27-/m1/s1. The van der Waals surface area contributed by atoms with E-state index in [9.17, 15) is 24.9 Å². The molecule has 1 saturated carbocycles. The first-order chi connectivity index (χ1) is 16.5. The van der Waals surface area contributed by atoms with E-state index in [-0.39, 0.29) is 16.8 Å². The van der Waals surface area contributed by atoms with Crippen LogP contribution in [0.1, 0.15) is 58.4 Å². The lowest BCUT2D eigenvalue weighted by Crippen LogP contribution is -2.51. The minimum absolute atomic E-state index is 0.0880. The van der Waals surface area contributed by atoms with E-state index in [4.69, 9.17) is 9.47 Å².